The van der Waals surface area contributed by atoms with Crippen molar-refractivity contribution in [2.24, 2.45) is 0 Å². The van der Waals surface area contributed by atoms with E-state index in [1.165, 1.54) is 0 Å². The van der Waals surface area contributed by atoms with Gasteiger partial charge in [0.25, 0.3) is 0 Å². The second-order valence-corrected chi connectivity index (χ2v) is 3.75. The molecule has 0 heterocycles. The van der Waals surface area contributed by atoms with E-state index in [-0.39, 0.29) is 37.1 Å². The Labute approximate surface area is 150 Å². The second kappa shape index (κ2) is 38.5. The van der Waals surface area contributed by atoms with Gasteiger partial charge in [0, 0.05) is 0 Å². The van der Waals surface area contributed by atoms with Crippen LogP contribution in [0.25, 0.3) is 0 Å². The van der Waals surface area contributed by atoms with Gasteiger partial charge in [0.2, 0.25) is 0 Å². The molecule has 0 aliphatic carbocycles. The SMILES string of the molecule is O=[PH]([O-])[O-].O=[PH]([O-])[O-].O=[PH]([O-])[O-].O=[PH]([O-])[O-].O=[PH]([O-])[O-].[V+5].[V+5]. The molecule has 0 rings (SSSR count). The molecule has 0 atom stereocenters. The average Bonchev–Trinajstić information content (AvgIpc) is 1.94. The molecule has 0 aliphatic heterocycles. The minimum Gasteiger partial charge on any atom is -0.813 e. The second-order valence-electron chi connectivity index (χ2n) is 1.25. The van der Waals surface area contributed by atoms with E-state index in [1.807, 2.05) is 0 Å². The largest absolute Gasteiger partial charge is 5.00 e. The van der Waals surface area contributed by atoms with Crippen molar-refractivity contribution in [1.82, 2.24) is 0 Å². The zero-order chi connectivity index (χ0) is 17.9. The molecule has 130 valence electrons. The van der Waals surface area contributed by atoms with Gasteiger partial charge in [0.05, 0.1) is 0 Å². The van der Waals surface area contributed by atoms with Gasteiger partial charge in [-0.1, -0.05) is 41.3 Å². The Morgan fingerprint density at radius 3 is 0.318 bits per heavy atom. The molecule has 0 aromatic heterocycles. The summed E-state index contributed by atoms with van der Waals surface area (Å²) in [6.07, 6.45) is 0. The molecular formula is H5O15P5V2. The fourth-order valence-electron chi connectivity index (χ4n) is 0. The standard InChI is InChI=1S/5H3O3P.2V/c5*1-4(2)3;;/h5*4H,(H2,1,2,3);;/q;;;;;2*+5/p-10. The van der Waals surface area contributed by atoms with Gasteiger partial charge in [0.15, 0.2) is 0 Å². The van der Waals surface area contributed by atoms with E-state index in [2.05, 4.69) is 0 Å². The molecule has 0 aliphatic rings. The van der Waals surface area contributed by atoms with Crippen molar-refractivity contribution in [3.05, 3.63) is 0 Å². The molecule has 0 aromatic rings. The van der Waals surface area contributed by atoms with Crippen molar-refractivity contribution in [2.45, 2.75) is 0 Å². The minimum atomic E-state index is -3.63. The van der Waals surface area contributed by atoms with Crippen molar-refractivity contribution in [1.29, 1.82) is 0 Å². The van der Waals surface area contributed by atoms with Crippen LogP contribution >= 0.6 is 41.3 Å². The molecule has 0 bridgehead atoms. The first-order valence-electron chi connectivity index (χ1n) is 3.06. The van der Waals surface area contributed by atoms with E-state index in [9.17, 15) is 0 Å². The van der Waals surface area contributed by atoms with Gasteiger partial charge < -0.3 is 71.8 Å². The van der Waals surface area contributed by atoms with E-state index in [4.69, 9.17) is 71.8 Å². The summed E-state index contributed by atoms with van der Waals surface area (Å²) in [5.74, 6) is 0. The molecule has 0 saturated heterocycles. The van der Waals surface area contributed by atoms with Crippen LogP contribution in [0.1, 0.15) is 0 Å². The Morgan fingerprint density at radius 2 is 0.318 bits per heavy atom. The van der Waals surface area contributed by atoms with Gasteiger partial charge in [-0.3, -0.25) is 0 Å². The average molecular weight is 502 g/mol. The summed E-state index contributed by atoms with van der Waals surface area (Å²) in [6, 6.07) is 0. The Balaban J connectivity index is -0.0000000250. The van der Waals surface area contributed by atoms with Crippen LogP contribution in [0.15, 0.2) is 0 Å². The van der Waals surface area contributed by atoms with Gasteiger partial charge in [-0.15, -0.1) is 0 Å². The third kappa shape index (κ3) is 2610. The minimum absolute atomic E-state index is 0. The molecule has 0 spiro atoms. The normalized spacial score (nSPS) is 7.95. The summed E-state index contributed by atoms with van der Waals surface area (Å²) < 4.78 is 42.6. The predicted octanol–water partition coefficient (Wildman–Crippen LogP) is -9.52. The first-order valence-corrected chi connectivity index (χ1v) is 9.19. The molecule has 0 amide bonds. The summed E-state index contributed by atoms with van der Waals surface area (Å²) in [5, 5.41) is 0. The summed E-state index contributed by atoms with van der Waals surface area (Å²) >= 11 is 0. The topological polar surface area (TPSA) is 316 Å². The van der Waals surface area contributed by atoms with Crippen molar-refractivity contribution < 1.29 is 109 Å². The van der Waals surface area contributed by atoms with E-state index < -0.39 is 41.3 Å². The maximum absolute atomic E-state index is 8.52. The third-order valence-corrected chi connectivity index (χ3v) is 0. The van der Waals surface area contributed by atoms with Crippen molar-refractivity contribution in [3.8, 4) is 0 Å². The quantitative estimate of drug-likeness (QED) is 0.278. The zero-order valence-corrected chi connectivity index (χ0v) is 17.3. The van der Waals surface area contributed by atoms with Gasteiger partial charge in [0.1, 0.15) is 0 Å². The summed E-state index contributed by atoms with van der Waals surface area (Å²) in [5.41, 5.74) is 0. The molecule has 0 radical (unpaired) electrons. The van der Waals surface area contributed by atoms with E-state index in [0.29, 0.717) is 0 Å². The Bertz CT molecular complexity index is 211. The molecule has 22 heavy (non-hydrogen) atoms. The Morgan fingerprint density at radius 1 is 0.318 bits per heavy atom. The van der Waals surface area contributed by atoms with Crippen LogP contribution in [0.4, 0.5) is 0 Å². The Hall–Kier alpha value is 1.92. The molecule has 0 aromatic carbocycles. The van der Waals surface area contributed by atoms with Crippen LogP contribution in [0.3, 0.4) is 0 Å². The molecule has 0 N–H and O–H groups in total. The van der Waals surface area contributed by atoms with Crippen molar-refractivity contribution >= 4 is 41.3 Å². The van der Waals surface area contributed by atoms with Gasteiger partial charge in [-0.2, -0.15) is 0 Å². The van der Waals surface area contributed by atoms with Crippen molar-refractivity contribution in [3.63, 3.8) is 0 Å². The molecule has 15 nitrogen and oxygen atoms in total. The van der Waals surface area contributed by atoms with Crippen LogP contribution in [0, 0.1) is 0 Å². The summed E-state index contributed by atoms with van der Waals surface area (Å²) in [6.45, 7) is 0. The maximum Gasteiger partial charge on any atom is 5.00 e. The first kappa shape index (κ1) is 43.9. The Kier molecular flexibility index (Phi) is 76.7. The summed E-state index contributed by atoms with van der Waals surface area (Å²) in [4.78, 5) is 85.2. The van der Waals surface area contributed by atoms with Crippen LogP contribution in [0.5, 0.6) is 0 Å². The molecule has 0 unspecified atom stereocenters. The van der Waals surface area contributed by atoms with Crippen LogP contribution in [0.2, 0.25) is 0 Å². The maximum atomic E-state index is 8.52. The van der Waals surface area contributed by atoms with E-state index in [0.717, 1.165) is 0 Å². The fraction of sp³-hybridized carbons (Fsp3) is 0. The fourth-order valence-corrected chi connectivity index (χ4v) is 0. The van der Waals surface area contributed by atoms with E-state index in [1.54, 1.807) is 0 Å². The van der Waals surface area contributed by atoms with Crippen molar-refractivity contribution in [2.75, 3.05) is 0 Å². The van der Waals surface area contributed by atoms with E-state index >= 15 is 0 Å². The smallest absolute Gasteiger partial charge is 0.813 e. The number of hydrogen-bond acceptors (Lipinski definition) is 15. The molecule has 0 saturated carbocycles. The zero-order valence-electron chi connectivity index (χ0n) is 9.52. The van der Waals surface area contributed by atoms with Gasteiger partial charge >= 0.3 is 37.1 Å². The van der Waals surface area contributed by atoms with Crippen LogP contribution < -0.4 is 48.9 Å². The monoisotopic (exact) mass is 502 g/mol. The van der Waals surface area contributed by atoms with Crippen LogP contribution in [-0.2, 0) is 59.9 Å². The number of hydrogen-bond donors (Lipinski definition) is 0. The summed E-state index contributed by atoms with van der Waals surface area (Å²) in [7, 11) is -18.1. The van der Waals surface area contributed by atoms with Gasteiger partial charge in [-0.05, 0) is 0 Å². The molecule has 0 fully saturated rings. The molecular weight excluding hydrogens is 497 g/mol. The molecule has 22 heteroatoms. The first-order chi connectivity index (χ1) is 8.66. The number of rotatable bonds is 0. The van der Waals surface area contributed by atoms with Gasteiger partial charge in [-0.25, -0.2) is 0 Å². The predicted molar refractivity (Wildman–Crippen MR) is 45.0 cm³/mol. The third-order valence-electron chi connectivity index (χ3n) is 0. The van der Waals surface area contributed by atoms with Crippen LogP contribution in [-0.4, -0.2) is 0 Å².